The fraction of sp³-hybridized carbons (Fsp3) is 0.194. The van der Waals surface area contributed by atoms with Gasteiger partial charge < -0.3 is 10.1 Å². The van der Waals surface area contributed by atoms with Gasteiger partial charge in [-0.1, -0.05) is 103 Å². The SMILES string of the molecule is COc1cccc2c1CC[C@@H](c1ccccc1)[C@H]2NC(=O)C(c1ccccc1)c1ccccc1. The lowest BCUT2D eigenvalue weighted by molar-refractivity contribution is -0.122. The lowest BCUT2D eigenvalue weighted by Crippen LogP contribution is -2.38. The number of carbonyl (C=O) groups excluding carboxylic acids is 1. The summed E-state index contributed by atoms with van der Waals surface area (Å²) in [7, 11) is 1.72. The van der Waals surface area contributed by atoms with Crippen LogP contribution < -0.4 is 10.1 Å². The van der Waals surface area contributed by atoms with Crippen LogP contribution in [0, 0.1) is 0 Å². The monoisotopic (exact) mass is 447 g/mol. The average Bonchev–Trinajstić information content (AvgIpc) is 2.90. The first-order chi connectivity index (χ1) is 16.8. The van der Waals surface area contributed by atoms with Crippen molar-refractivity contribution < 1.29 is 9.53 Å². The molecule has 1 N–H and O–H groups in total. The Labute approximate surface area is 201 Å². The van der Waals surface area contributed by atoms with Crippen molar-refractivity contribution in [3.63, 3.8) is 0 Å². The Balaban J connectivity index is 1.56. The van der Waals surface area contributed by atoms with Crippen molar-refractivity contribution in [1.29, 1.82) is 0 Å². The van der Waals surface area contributed by atoms with Crippen molar-refractivity contribution >= 4 is 5.91 Å². The van der Waals surface area contributed by atoms with Crippen molar-refractivity contribution in [2.24, 2.45) is 0 Å². The highest BCUT2D eigenvalue weighted by Gasteiger charge is 2.35. The summed E-state index contributed by atoms with van der Waals surface area (Å²) in [6.45, 7) is 0. The molecule has 0 saturated heterocycles. The van der Waals surface area contributed by atoms with Gasteiger partial charge in [0.2, 0.25) is 5.91 Å². The predicted molar refractivity (Wildman–Crippen MR) is 136 cm³/mol. The fourth-order valence-corrected chi connectivity index (χ4v) is 5.28. The van der Waals surface area contributed by atoms with Gasteiger partial charge in [0.25, 0.3) is 0 Å². The molecule has 0 fully saturated rings. The van der Waals surface area contributed by atoms with Crippen LogP contribution >= 0.6 is 0 Å². The highest BCUT2D eigenvalue weighted by Crippen LogP contribution is 2.44. The molecule has 0 bridgehead atoms. The van der Waals surface area contributed by atoms with E-state index >= 15 is 0 Å². The van der Waals surface area contributed by atoms with Crippen LogP contribution in [0.15, 0.2) is 109 Å². The van der Waals surface area contributed by atoms with Crippen LogP contribution in [0.4, 0.5) is 0 Å². The summed E-state index contributed by atoms with van der Waals surface area (Å²) in [5.74, 6) is 0.719. The molecule has 4 aromatic rings. The summed E-state index contributed by atoms with van der Waals surface area (Å²) < 4.78 is 5.68. The molecule has 34 heavy (non-hydrogen) atoms. The number of fused-ring (bicyclic) bond motifs is 1. The van der Waals surface area contributed by atoms with Gasteiger partial charge in [0.05, 0.1) is 19.1 Å². The van der Waals surface area contributed by atoms with E-state index in [1.807, 2.05) is 78.9 Å². The first kappa shape index (κ1) is 22.0. The lowest BCUT2D eigenvalue weighted by Gasteiger charge is -2.36. The number of nitrogens with one attached hydrogen (secondary N) is 1. The summed E-state index contributed by atoms with van der Waals surface area (Å²) in [5, 5.41) is 3.48. The molecule has 1 aliphatic carbocycles. The number of hydrogen-bond donors (Lipinski definition) is 1. The van der Waals surface area contributed by atoms with Crippen LogP contribution in [0.5, 0.6) is 5.75 Å². The zero-order valence-electron chi connectivity index (χ0n) is 19.4. The Morgan fingerprint density at radius 1 is 0.794 bits per heavy atom. The molecule has 170 valence electrons. The second-order valence-corrected chi connectivity index (χ2v) is 8.82. The molecule has 1 amide bonds. The summed E-state index contributed by atoms with van der Waals surface area (Å²) in [6, 6.07) is 36.6. The van der Waals surface area contributed by atoms with E-state index in [0.29, 0.717) is 0 Å². The van der Waals surface area contributed by atoms with Crippen LogP contribution in [0.3, 0.4) is 0 Å². The Kier molecular flexibility index (Phi) is 6.44. The third kappa shape index (κ3) is 4.34. The molecule has 5 rings (SSSR count). The minimum Gasteiger partial charge on any atom is -0.496 e. The van der Waals surface area contributed by atoms with Crippen LogP contribution in [-0.4, -0.2) is 13.0 Å². The molecule has 3 nitrogen and oxygen atoms in total. The van der Waals surface area contributed by atoms with Gasteiger partial charge >= 0.3 is 0 Å². The van der Waals surface area contributed by atoms with E-state index in [4.69, 9.17) is 4.74 Å². The maximum atomic E-state index is 14.0. The van der Waals surface area contributed by atoms with Crippen LogP contribution in [-0.2, 0) is 11.2 Å². The Morgan fingerprint density at radius 2 is 1.38 bits per heavy atom. The highest BCUT2D eigenvalue weighted by atomic mass is 16.5. The average molecular weight is 448 g/mol. The Morgan fingerprint density at radius 3 is 1.97 bits per heavy atom. The molecule has 3 heteroatoms. The Hall–Kier alpha value is -3.85. The number of ether oxygens (including phenoxy) is 1. The molecule has 0 spiro atoms. The van der Waals surface area contributed by atoms with Gasteiger partial charge in [-0.25, -0.2) is 0 Å². The number of methoxy groups -OCH3 is 1. The van der Waals surface area contributed by atoms with Crippen LogP contribution in [0.2, 0.25) is 0 Å². The standard InChI is InChI=1S/C31H29NO2/c1-34-28-19-11-18-27-26(28)21-20-25(22-12-5-2-6-13-22)30(27)32-31(33)29(23-14-7-3-8-15-23)24-16-9-4-10-17-24/h2-19,25,29-30H,20-21H2,1H3,(H,32,33)/t25-,30+/m0/s1. The van der Waals surface area contributed by atoms with Gasteiger partial charge in [-0.05, 0) is 46.7 Å². The van der Waals surface area contributed by atoms with Gasteiger partial charge in [0.15, 0.2) is 0 Å². The molecule has 0 aromatic heterocycles. The zero-order valence-corrected chi connectivity index (χ0v) is 19.4. The molecular formula is C31H29NO2. The van der Waals surface area contributed by atoms with E-state index in [-0.39, 0.29) is 23.8 Å². The van der Waals surface area contributed by atoms with Crippen molar-refractivity contribution in [3.05, 3.63) is 137 Å². The first-order valence-electron chi connectivity index (χ1n) is 11.9. The van der Waals surface area contributed by atoms with Crippen LogP contribution in [0.25, 0.3) is 0 Å². The van der Waals surface area contributed by atoms with Gasteiger partial charge in [0, 0.05) is 5.92 Å². The molecule has 2 atom stereocenters. The topological polar surface area (TPSA) is 38.3 Å². The second kappa shape index (κ2) is 9.96. The third-order valence-electron chi connectivity index (χ3n) is 6.89. The Bertz CT molecular complexity index is 1200. The zero-order chi connectivity index (χ0) is 23.3. The normalized spacial score (nSPS) is 17.1. The highest BCUT2D eigenvalue weighted by molar-refractivity contribution is 5.87. The number of amides is 1. The second-order valence-electron chi connectivity index (χ2n) is 8.82. The molecule has 1 aliphatic rings. The first-order valence-corrected chi connectivity index (χ1v) is 11.9. The van der Waals surface area contributed by atoms with Gasteiger partial charge in [-0.15, -0.1) is 0 Å². The quantitative estimate of drug-likeness (QED) is 0.371. The summed E-state index contributed by atoms with van der Waals surface area (Å²) >= 11 is 0. The maximum Gasteiger partial charge on any atom is 0.232 e. The smallest absolute Gasteiger partial charge is 0.232 e. The number of rotatable bonds is 6. The fourth-order valence-electron chi connectivity index (χ4n) is 5.28. The lowest BCUT2D eigenvalue weighted by atomic mass is 9.75. The summed E-state index contributed by atoms with van der Waals surface area (Å²) in [4.78, 5) is 14.0. The minimum absolute atomic E-state index is 0.0130. The largest absolute Gasteiger partial charge is 0.496 e. The van der Waals surface area contributed by atoms with E-state index in [1.165, 1.54) is 11.1 Å². The molecule has 0 radical (unpaired) electrons. The van der Waals surface area contributed by atoms with Crippen molar-refractivity contribution in [1.82, 2.24) is 5.32 Å². The van der Waals surface area contributed by atoms with Crippen molar-refractivity contribution in [2.45, 2.75) is 30.7 Å². The number of carbonyl (C=O) groups is 1. The molecular weight excluding hydrogens is 418 g/mol. The van der Waals surface area contributed by atoms with E-state index in [1.54, 1.807) is 7.11 Å². The van der Waals surface area contributed by atoms with Gasteiger partial charge in [-0.3, -0.25) is 4.79 Å². The van der Waals surface area contributed by atoms with Crippen LogP contribution in [0.1, 0.15) is 52.1 Å². The molecule has 0 saturated carbocycles. The van der Waals surface area contributed by atoms with Gasteiger partial charge in [0.1, 0.15) is 5.75 Å². The van der Waals surface area contributed by atoms with E-state index in [9.17, 15) is 4.79 Å². The summed E-state index contributed by atoms with van der Waals surface area (Å²) in [5.41, 5.74) is 5.57. The number of hydrogen-bond acceptors (Lipinski definition) is 2. The molecule has 0 unspecified atom stereocenters. The van der Waals surface area contributed by atoms with Gasteiger partial charge in [-0.2, -0.15) is 0 Å². The minimum atomic E-state index is -0.380. The van der Waals surface area contributed by atoms with Crippen molar-refractivity contribution in [3.8, 4) is 5.75 Å². The molecule has 0 aliphatic heterocycles. The molecule has 0 heterocycles. The van der Waals surface area contributed by atoms with E-state index in [0.717, 1.165) is 35.3 Å². The van der Waals surface area contributed by atoms with E-state index in [2.05, 4.69) is 35.6 Å². The predicted octanol–water partition coefficient (Wildman–Crippen LogP) is 6.41. The summed E-state index contributed by atoms with van der Waals surface area (Å²) in [6.07, 6.45) is 1.87. The third-order valence-corrected chi connectivity index (χ3v) is 6.89. The number of benzene rings is 4. The maximum absolute atomic E-state index is 14.0. The van der Waals surface area contributed by atoms with E-state index < -0.39 is 0 Å². The van der Waals surface area contributed by atoms with Crippen molar-refractivity contribution in [2.75, 3.05) is 7.11 Å². The molecule has 4 aromatic carbocycles.